The van der Waals surface area contributed by atoms with E-state index in [1.54, 1.807) is 17.0 Å². The maximum Gasteiger partial charge on any atom is 0.262 e. The minimum absolute atomic E-state index is 0.0673. The summed E-state index contributed by atoms with van der Waals surface area (Å²) in [5.74, 6) is 0.735. The van der Waals surface area contributed by atoms with Gasteiger partial charge in [-0.2, -0.15) is 0 Å². The number of likely N-dealkylation sites (tertiary alicyclic amines) is 1. The Kier molecular flexibility index (Phi) is 6.18. The molecule has 0 saturated carbocycles. The smallest absolute Gasteiger partial charge is 0.262 e. The number of benzene rings is 2. The van der Waals surface area contributed by atoms with E-state index in [1.807, 2.05) is 0 Å². The van der Waals surface area contributed by atoms with Gasteiger partial charge in [0.15, 0.2) is 6.61 Å². The second-order valence-electron chi connectivity index (χ2n) is 7.51. The van der Waals surface area contributed by atoms with E-state index in [1.165, 1.54) is 25.3 Å². The molecule has 2 heterocycles. The number of carbonyl (C=O) groups excluding carboxylic acids is 2. The quantitative estimate of drug-likeness (QED) is 0.753. The first-order valence-corrected chi connectivity index (χ1v) is 10.3. The van der Waals surface area contributed by atoms with Gasteiger partial charge in [-0.1, -0.05) is 11.6 Å². The van der Waals surface area contributed by atoms with Gasteiger partial charge in [0, 0.05) is 19.2 Å². The van der Waals surface area contributed by atoms with Crippen LogP contribution in [-0.2, 0) is 4.79 Å². The van der Waals surface area contributed by atoms with Crippen LogP contribution in [-0.4, -0.2) is 50.1 Å². The van der Waals surface area contributed by atoms with E-state index in [2.05, 4.69) is 5.32 Å². The molecule has 1 N–H and O–H groups in total. The number of anilines is 1. The highest BCUT2D eigenvalue weighted by molar-refractivity contribution is 6.32. The van der Waals surface area contributed by atoms with Gasteiger partial charge < -0.3 is 24.4 Å². The molecule has 1 saturated heterocycles. The molecule has 0 bridgehead atoms. The lowest BCUT2D eigenvalue weighted by atomic mass is 9.97. The Balaban J connectivity index is 1.38. The van der Waals surface area contributed by atoms with Gasteiger partial charge in [0.1, 0.15) is 23.1 Å². The normalized spacial score (nSPS) is 16.2. The molecular formula is C22H22ClFN2O5. The average molecular weight is 449 g/mol. The van der Waals surface area contributed by atoms with Crippen molar-refractivity contribution >= 4 is 29.1 Å². The summed E-state index contributed by atoms with van der Waals surface area (Å²) in [5.41, 5.74) is 0.833. The Morgan fingerprint density at radius 2 is 2.03 bits per heavy atom. The zero-order valence-electron chi connectivity index (χ0n) is 17.0. The van der Waals surface area contributed by atoms with Gasteiger partial charge in [-0.15, -0.1) is 0 Å². The topological polar surface area (TPSA) is 77.1 Å². The lowest BCUT2D eigenvalue weighted by Crippen LogP contribution is -2.40. The van der Waals surface area contributed by atoms with Crippen LogP contribution in [0.4, 0.5) is 10.1 Å². The van der Waals surface area contributed by atoms with Crippen molar-refractivity contribution in [3.05, 3.63) is 46.7 Å². The van der Waals surface area contributed by atoms with Crippen molar-refractivity contribution < 1.29 is 28.2 Å². The third kappa shape index (κ3) is 4.69. The Morgan fingerprint density at radius 3 is 2.74 bits per heavy atom. The molecule has 0 atom stereocenters. The number of nitrogens with one attached hydrogen (secondary N) is 1. The first-order valence-electron chi connectivity index (χ1n) is 9.96. The predicted octanol–water partition coefficient (Wildman–Crippen LogP) is 3.75. The van der Waals surface area contributed by atoms with Crippen LogP contribution < -0.4 is 19.5 Å². The second-order valence-corrected chi connectivity index (χ2v) is 7.91. The summed E-state index contributed by atoms with van der Waals surface area (Å²) >= 11 is 6.00. The molecule has 2 aliphatic heterocycles. The maximum absolute atomic E-state index is 13.2. The van der Waals surface area contributed by atoms with Crippen LogP contribution in [0.1, 0.15) is 23.2 Å². The number of hydrogen-bond acceptors (Lipinski definition) is 5. The van der Waals surface area contributed by atoms with Crippen LogP contribution >= 0.6 is 11.6 Å². The fourth-order valence-electron chi connectivity index (χ4n) is 3.72. The van der Waals surface area contributed by atoms with E-state index in [-0.39, 0.29) is 29.4 Å². The Hall–Kier alpha value is -3.00. The summed E-state index contributed by atoms with van der Waals surface area (Å²) in [6.07, 6.45) is 1.52. The van der Waals surface area contributed by atoms with Gasteiger partial charge in [0.2, 0.25) is 0 Å². The maximum atomic E-state index is 13.2. The van der Waals surface area contributed by atoms with Gasteiger partial charge in [-0.25, -0.2) is 4.39 Å². The summed E-state index contributed by atoms with van der Waals surface area (Å²) in [7, 11) is 1.49. The number of hydrogen-bond donors (Lipinski definition) is 1. The van der Waals surface area contributed by atoms with Crippen molar-refractivity contribution in [1.29, 1.82) is 0 Å². The molecule has 0 spiro atoms. The van der Waals surface area contributed by atoms with Crippen LogP contribution in [0, 0.1) is 11.7 Å². The van der Waals surface area contributed by atoms with Crippen molar-refractivity contribution in [3.63, 3.8) is 0 Å². The second kappa shape index (κ2) is 9.01. The van der Waals surface area contributed by atoms with Gasteiger partial charge in [-0.05, 0) is 43.0 Å². The largest absolute Gasteiger partial charge is 0.496 e. The zero-order valence-corrected chi connectivity index (χ0v) is 17.7. The number of fused-ring (bicyclic) bond motifs is 1. The molecule has 9 heteroatoms. The molecule has 7 nitrogen and oxygen atoms in total. The summed E-state index contributed by atoms with van der Waals surface area (Å²) in [6.45, 7) is 1.50. The number of amides is 2. The van der Waals surface area contributed by atoms with E-state index in [9.17, 15) is 14.0 Å². The van der Waals surface area contributed by atoms with Crippen LogP contribution in [0.3, 0.4) is 0 Å². The lowest BCUT2D eigenvalue weighted by molar-refractivity contribution is -0.118. The van der Waals surface area contributed by atoms with Crippen molar-refractivity contribution in [3.8, 4) is 17.2 Å². The summed E-state index contributed by atoms with van der Waals surface area (Å²) in [5, 5.41) is 2.95. The monoisotopic (exact) mass is 448 g/mol. The third-order valence-electron chi connectivity index (χ3n) is 5.44. The third-order valence-corrected chi connectivity index (χ3v) is 5.73. The van der Waals surface area contributed by atoms with E-state index in [4.69, 9.17) is 25.8 Å². The van der Waals surface area contributed by atoms with Crippen molar-refractivity contribution in [2.24, 2.45) is 5.92 Å². The molecule has 164 valence electrons. The molecule has 1 fully saturated rings. The molecule has 2 aliphatic rings. The fraction of sp³-hybridized carbons (Fsp3) is 0.364. The lowest BCUT2D eigenvalue weighted by Gasteiger charge is -2.32. The molecule has 31 heavy (non-hydrogen) atoms. The van der Waals surface area contributed by atoms with Gasteiger partial charge in [-0.3, -0.25) is 9.59 Å². The van der Waals surface area contributed by atoms with Crippen molar-refractivity contribution in [2.45, 2.75) is 12.8 Å². The first kappa shape index (κ1) is 21.2. The number of rotatable bonds is 5. The SMILES string of the molecule is COc1cc2c(cc1C(=O)N1CCC(COc3ccc(F)cc3Cl)CC1)NC(=O)CO2. The minimum Gasteiger partial charge on any atom is -0.496 e. The molecule has 4 rings (SSSR count). The molecule has 2 amide bonds. The molecule has 2 aromatic carbocycles. The predicted molar refractivity (Wildman–Crippen MR) is 113 cm³/mol. The van der Waals surface area contributed by atoms with Gasteiger partial charge >= 0.3 is 0 Å². The molecule has 0 aliphatic carbocycles. The number of methoxy groups -OCH3 is 1. The summed E-state index contributed by atoms with van der Waals surface area (Å²) in [4.78, 5) is 26.5. The van der Waals surface area contributed by atoms with Gasteiger partial charge in [0.25, 0.3) is 11.8 Å². The Bertz CT molecular complexity index is 1010. The highest BCUT2D eigenvalue weighted by Gasteiger charge is 2.28. The molecule has 0 aromatic heterocycles. The molecular weight excluding hydrogens is 427 g/mol. The molecule has 2 aromatic rings. The van der Waals surface area contributed by atoms with E-state index < -0.39 is 5.82 Å². The van der Waals surface area contributed by atoms with E-state index in [0.717, 1.165) is 12.8 Å². The molecule has 0 unspecified atom stereocenters. The van der Waals surface area contributed by atoms with Crippen LogP contribution in [0.25, 0.3) is 0 Å². The summed E-state index contributed by atoms with van der Waals surface area (Å²) < 4.78 is 29.7. The first-order chi connectivity index (χ1) is 14.9. The number of carbonyl (C=O) groups is 2. The van der Waals surface area contributed by atoms with Gasteiger partial charge in [0.05, 0.1) is 30.0 Å². The van der Waals surface area contributed by atoms with Crippen LogP contribution in [0.2, 0.25) is 5.02 Å². The van der Waals surface area contributed by atoms with Crippen LogP contribution in [0.5, 0.6) is 17.2 Å². The Labute approximate surface area is 184 Å². The van der Waals surface area contributed by atoms with Crippen molar-refractivity contribution in [1.82, 2.24) is 4.90 Å². The zero-order chi connectivity index (χ0) is 22.0. The summed E-state index contributed by atoms with van der Waals surface area (Å²) in [6, 6.07) is 7.26. The highest BCUT2D eigenvalue weighted by Crippen LogP contribution is 2.36. The minimum atomic E-state index is -0.409. The van der Waals surface area contributed by atoms with Crippen LogP contribution in [0.15, 0.2) is 30.3 Å². The number of ether oxygens (including phenoxy) is 3. The standard InChI is InChI=1S/C22H22ClFN2O5/c1-29-19-10-20-17(25-21(27)12-31-20)9-15(19)22(28)26-6-4-13(5-7-26)11-30-18-3-2-14(24)8-16(18)23/h2-3,8-10,13H,4-7,11-12H2,1H3,(H,25,27). The molecule has 0 radical (unpaired) electrons. The number of piperidine rings is 1. The van der Waals surface area contributed by atoms with E-state index >= 15 is 0 Å². The highest BCUT2D eigenvalue weighted by atomic mass is 35.5. The van der Waals surface area contributed by atoms with Crippen molar-refractivity contribution in [2.75, 3.05) is 38.7 Å². The number of nitrogens with zero attached hydrogens (tertiary/aromatic N) is 1. The number of halogens is 2. The average Bonchev–Trinajstić information content (AvgIpc) is 2.77. The Morgan fingerprint density at radius 1 is 1.26 bits per heavy atom. The fourth-order valence-corrected chi connectivity index (χ4v) is 3.94. The van der Waals surface area contributed by atoms with E-state index in [0.29, 0.717) is 48.2 Å².